The monoisotopic (exact) mass is 337 g/mol. The minimum absolute atomic E-state index is 0.0873. The van der Waals surface area contributed by atoms with Gasteiger partial charge in [-0.15, -0.1) is 0 Å². The number of anilines is 1. The number of aromatic nitrogens is 2. The van der Waals surface area contributed by atoms with E-state index in [-0.39, 0.29) is 22.8 Å². The van der Waals surface area contributed by atoms with Gasteiger partial charge in [-0.1, -0.05) is 11.6 Å². The van der Waals surface area contributed by atoms with Gasteiger partial charge >= 0.3 is 11.9 Å². The fourth-order valence-electron chi connectivity index (χ4n) is 1.72. The maximum Gasteiger partial charge on any atom is 0.335 e. The van der Waals surface area contributed by atoms with Crippen LogP contribution in [0.3, 0.4) is 0 Å². The molecule has 2 N–H and O–H groups in total. The predicted molar refractivity (Wildman–Crippen MR) is 82.3 cm³/mol. The molecule has 0 bridgehead atoms. The molecule has 9 heteroatoms. The molecule has 0 saturated carbocycles. The summed E-state index contributed by atoms with van der Waals surface area (Å²) in [7, 11) is 1.24. The van der Waals surface area contributed by atoms with Crippen LogP contribution in [0, 0.1) is 0 Å². The Morgan fingerprint density at radius 1 is 1.35 bits per heavy atom. The maximum absolute atomic E-state index is 12.2. The van der Waals surface area contributed by atoms with Crippen molar-refractivity contribution in [2.24, 2.45) is 0 Å². The highest BCUT2D eigenvalue weighted by atomic mass is 35.5. The molecule has 0 aliphatic heterocycles. The number of nitrogens with one attached hydrogen (secondary N) is 1. The van der Waals surface area contributed by atoms with E-state index in [0.717, 1.165) is 4.68 Å². The third-order valence-corrected chi connectivity index (χ3v) is 3.29. The van der Waals surface area contributed by atoms with Crippen molar-refractivity contribution in [2.45, 2.75) is 0 Å². The zero-order valence-corrected chi connectivity index (χ0v) is 12.7. The van der Waals surface area contributed by atoms with Crippen LogP contribution in [0.1, 0.15) is 10.4 Å². The number of halogens is 1. The number of carbonyl (C=O) groups excluding carboxylic acids is 1. The highest BCUT2D eigenvalue weighted by Gasteiger charge is 2.12. The second-order valence-electron chi connectivity index (χ2n) is 4.37. The van der Waals surface area contributed by atoms with E-state index < -0.39 is 17.5 Å². The van der Waals surface area contributed by atoms with Gasteiger partial charge in [0.25, 0.3) is 5.56 Å². The lowest BCUT2D eigenvalue weighted by atomic mass is 10.2. The number of ether oxygens (including phenoxy) is 1. The van der Waals surface area contributed by atoms with Crippen LogP contribution in [-0.2, 0) is 9.53 Å². The molecule has 0 fully saturated rings. The quantitative estimate of drug-likeness (QED) is 0.788. The SMILES string of the molecule is COC(=O)CNc1cnn(-c2ccc(C(=O)O)cc2)c(=O)c1Cl. The third kappa shape index (κ3) is 3.67. The number of benzene rings is 1. The maximum atomic E-state index is 12.2. The van der Waals surface area contributed by atoms with Crippen LogP contribution in [0.5, 0.6) is 0 Å². The van der Waals surface area contributed by atoms with E-state index in [1.807, 2.05) is 0 Å². The Bertz CT molecular complexity index is 801. The predicted octanol–water partition coefficient (Wildman–Crippen LogP) is 1.17. The molecule has 120 valence electrons. The topological polar surface area (TPSA) is 111 Å². The smallest absolute Gasteiger partial charge is 0.335 e. The number of aromatic carboxylic acids is 1. The highest BCUT2D eigenvalue weighted by Crippen LogP contribution is 2.16. The lowest BCUT2D eigenvalue weighted by Gasteiger charge is -2.09. The standard InChI is InChI=1S/C14H12ClN3O5/c1-23-11(19)7-16-10-6-17-18(13(20)12(10)15)9-4-2-8(3-5-9)14(21)22/h2-6,16H,7H2,1H3,(H,21,22). The van der Waals surface area contributed by atoms with Crippen molar-refractivity contribution in [3.05, 3.63) is 51.4 Å². The van der Waals surface area contributed by atoms with Crippen LogP contribution in [-0.4, -0.2) is 40.5 Å². The van der Waals surface area contributed by atoms with E-state index in [1.165, 1.54) is 37.6 Å². The van der Waals surface area contributed by atoms with E-state index in [4.69, 9.17) is 16.7 Å². The van der Waals surface area contributed by atoms with Crippen LogP contribution in [0.2, 0.25) is 5.02 Å². The molecule has 0 radical (unpaired) electrons. The lowest BCUT2D eigenvalue weighted by molar-refractivity contribution is -0.138. The Morgan fingerprint density at radius 2 is 2.00 bits per heavy atom. The summed E-state index contributed by atoms with van der Waals surface area (Å²) in [5, 5.41) is 15.3. The van der Waals surface area contributed by atoms with E-state index in [2.05, 4.69) is 15.2 Å². The number of hydrogen-bond donors (Lipinski definition) is 2. The number of hydrogen-bond acceptors (Lipinski definition) is 6. The molecule has 1 heterocycles. The van der Waals surface area contributed by atoms with Gasteiger partial charge in [0, 0.05) is 0 Å². The van der Waals surface area contributed by atoms with Gasteiger partial charge in [0.15, 0.2) is 0 Å². The molecule has 1 aromatic heterocycles. The van der Waals surface area contributed by atoms with Gasteiger partial charge in [0.2, 0.25) is 0 Å². The number of rotatable bonds is 5. The second kappa shape index (κ2) is 6.93. The summed E-state index contributed by atoms with van der Waals surface area (Å²) in [6.07, 6.45) is 1.29. The van der Waals surface area contributed by atoms with Crippen molar-refractivity contribution in [3.63, 3.8) is 0 Å². The molecule has 0 unspecified atom stereocenters. The Labute approximate surface area is 135 Å². The molecule has 2 aromatic rings. The summed E-state index contributed by atoms with van der Waals surface area (Å²) in [6.45, 7) is -0.158. The summed E-state index contributed by atoms with van der Waals surface area (Å²) in [6, 6.07) is 5.58. The van der Waals surface area contributed by atoms with Gasteiger partial charge < -0.3 is 15.2 Å². The molecule has 0 amide bonds. The van der Waals surface area contributed by atoms with Crippen LogP contribution < -0.4 is 10.9 Å². The molecular formula is C14H12ClN3O5. The van der Waals surface area contributed by atoms with E-state index in [1.54, 1.807) is 0 Å². The molecule has 0 aliphatic rings. The summed E-state index contributed by atoms with van der Waals surface area (Å²) in [5.74, 6) is -1.59. The van der Waals surface area contributed by atoms with Gasteiger partial charge in [-0.25, -0.2) is 4.79 Å². The fourth-order valence-corrected chi connectivity index (χ4v) is 1.92. The Kier molecular flexibility index (Phi) is 4.97. The summed E-state index contributed by atoms with van der Waals surface area (Å²) < 4.78 is 5.49. The number of methoxy groups -OCH3 is 1. The van der Waals surface area contributed by atoms with Crippen molar-refractivity contribution in [2.75, 3.05) is 19.0 Å². The van der Waals surface area contributed by atoms with Gasteiger partial charge in [0.1, 0.15) is 11.6 Å². The molecule has 23 heavy (non-hydrogen) atoms. The summed E-state index contributed by atoms with van der Waals surface area (Å²) in [4.78, 5) is 34.1. The second-order valence-corrected chi connectivity index (χ2v) is 4.75. The number of nitrogens with zero attached hydrogens (tertiary/aromatic N) is 2. The Morgan fingerprint density at radius 3 is 2.57 bits per heavy atom. The number of esters is 1. The molecule has 8 nitrogen and oxygen atoms in total. The van der Waals surface area contributed by atoms with Crippen molar-refractivity contribution in [1.82, 2.24) is 9.78 Å². The van der Waals surface area contributed by atoms with Crippen LogP contribution in [0.15, 0.2) is 35.3 Å². The first kappa shape index (κ1) is 16.5. The molecule has 0 saturated heterocycles. The van der Waals surface area contributed by atoms with Crippen LogP contribution >= 0.6 is 11.6 Å². The van der Waals surface area contributed by atoms with E-state index in [9.17, 15) is 14.4 Å². The lowest BCUT2D eigenvalue weighted by Crippen LogP contribution is -2.24. The normalized spacial score (nSPS) is 10.2. The summed E-state index contributed by atoms with van der Waals surface area (Å²) in [5.41, 5.74) is 0.0377. The minimum atomic E-state index is -1.07. The molecule has 1 aromatic carbocycles. The average molecular weight is 338 g/mol. The first-order valence-electron chi connectivity index (χ1n) is 6.36. The van der Waals surface area contributed by atoms with Crippen molar-refractivity contribution in [3.8, 4) is 5.69 Å². The largest absolute Gasteiger partial charge is 0.478 e. The Balaban J connectivity index is 2.31. The van der Waals surface area contributed by atoms with Gasteiger partial charge in [-0.05, 0) is 24.3 Å². The van der Waals surface area contributed by atoms with Crippen molar-refractivity contribution < 1.29 is 19.4 Å². The average Bonchev–Trinajstić information content (AvgIpc) is 2.56. The Hall–Kier alpha value is -2.87. The fraction of sp³-hybridized carbons (Fsp3) is 0.143. The zero-order chi connectivity index (χ0) is 17.0. The van der Waals surface area contributed by atoms with Crippen LogP contribution in [0.4, 0.5) is 5.69 Å². The third-order valence-electron chi connectivity index (χ3n) is 2.93. The van der Waals surface area contributed by atoms with E-state index >= 15 is 0 Å². The van der Waals surface area contributed by atoms with Crippen molar-refractivity contribution >= 4 is 29.2 Å². The molecule has 2 rings (SSSR count). The summed E-state index contributed by atoms with van der Waals surface area (Å²) >= 11 is 5.97. The first-order chi connectivity index (χ1) is 10.9. The number of carboxylic acid groups (broad SMARTS) is 1. The number of carbonyl (C=O) groups is 2. The van der Waals surface area contributed by atoms with Gasteiger partial charge in [0.05, 0.1) is 30.2 Å². The highest BCUT2D eigenvalue weighted by molar-refractivity contribution is 6.33. The van der Waals surface area contributed by atoms with E-state index in [0.29, 0.717) is 5.69 Å². The minimum Gasteiger partial charge on any atom is -0.478 e. The zero-order valence-electron chi connectivity index (χ0n) is 11.9. The van der Waals surface area contributed by atoms with Crippen molar-refractivity contribution in [1.29, 1.82) is 0 Å². The molecule has 0 atom stereocenters. The first-order valence-corrected chi connectivity index (χ1v) is 6.74. The molecular weight excluding hydrogens is 326 g/mol. The van der Waals surface area contributed by atoms with Crippen LogP contribution in [0.25, 0.3) is 5.69 Å². The number of carboxylic acids is 1. The van der Waals surface area contributed by atoms with Gasteiger partial charge in [-0.3, -0.25) is 9.59 Å². The molecule has 0 aliphatic carbocycles. The van der Waals surface area contributed by atoms with Gasteiger partial charge in [-0.2, -0.15) is 9.78 Å². The molecule has 0 spiro atoms.